The highest BCUT2D eigenvalue weighted by Gasteiger charge is 2.23. The van der Waals surface area contributed by atoms with Crippen molar-refractivity contribution >= 4 is 40.0 Å². The maximum absolute atomic E-state index is 13.5. The van der Waals surface area contributed by atoms with Crippen LogP contribution in [-0.2, 0) is 21.4 Å². The number of amides is 3. The molecule has 0 atom stereocenters. The van der Waals surface area contributed by atoms with Crippen LogP contribution in [0.3, 0.4) is 0 Å². The molecule has 0 radical (unpaired) electrons. The van der Waals surface area contributed by atoms with Gasteiger partial charge in [0.15, 0.2) is 5.75 Å². The Bertz CT molecular complexity index is 1730. The zero-order valence-corrected chi connectivity index (χ0v) is 28.7. The molecule has 254 valence electrons. The summed E-state index contributed by atoms with van der Waals surface area (Å²) in [6, 6.07) is 19.3. The number of hydrogen-bond acceptors (Lipinski definition) is 8. The van der Waals surface area contributed by atoms with E-state index in [1.54, 1.807) is 0 Å². The smallest absolute Gasteiger partial charge is 0.411 e. The molecule has 1 fully saturated rings. The molecular formula is C37H46N6O5. The van der Waals surface area contributed by atoms with E-state index in [0.29, 0.717) is 29.4 Å². The average Bonchev–Trinajstić information content (AvgIpc) is 3.05. The van der Waals surface area contributed by atoms with Crippen molar-refractivity contribution in [2.75, 3.05) is 76.6 Å². The summed E-state index contributed by atoms with van der Waals surface area (Å²) >= 11 is 0. The number of nitrogens with one attached hydrogen (secondary N) is 3. The number of morpholine rings is 1. The predicted octanol–water partition coefficient (Wildman–Crippen LogP) is 6.79. The second kappa shape index (κ2) is 15.5. The third kappa shape index (κ3) is 8.80. The highest BCUT2D eigenvalue weighted by Crippen LogP contribution is 2.39. The third-order valence-electron chi connectivity index (χ3n) is 8.21. The number of carbonyl (C=O) groups is 2. The Balaban J connectivity index is 1.36. The Hall–Kier alpha value is -4.71. The monoisotopic (exact) mass is 654 g/mol. The summed E-state index contributed by atoms with van der Waals surface area (Å²) in [5, 5.41) is 10.6. The Morgan fingerprint density at radius 3 is 2.25 bits per heavy atom. The molecule has 48 heavy (non-hydrogen) atoms. The topological polar surface area (TPSA) is 117 Å². The highest BCUT2D eigenvalue weighted by molar-refractivity contribution is 6.10. The minimum Gasteiger partial charge on any atom is -0.492 e. The molecule has 3 N–H and O–H groups in total. The first-order chi connectivity index (χ1) is 23.0. The van der Waals surface area contributed by atoms with E-state index in [1.807, 2.05) is 73.7 Å². The van der Waals surface area contributed by atoms with Crippen molar-refractivity contribution in [2.24, 2.45) is 0 Å². The zero-order valence-electron chi connectivity index (χ0n) is 28.7. The van der Waals surface area contributed by atoms with E-state index in [4.69, 9.17) is 19.2 Å². The van der Waals surface area contributed by atoms with Crippen molar-refractivity contribution in [3.05, 3.63) is 78.1 Å². The molecule has 0 spiro atoms. The van der Waals surface area contributed by atoms with Crippen LogP contribution in [0.4, 0.5) is 26.7 Å². The van der Waals surface area contributed by atoms with E-state index in [-0.39, 0.29) is 12.0 Å². The van der Waals surface area contributed by atoms with E-state index in [0.717, 1.165) is 66.0 Å². The number of carbonyl (C=O) groups excluding carboxylic acids is 2. The Kier molecular flexibility index (Phi) is 11.2. The SMILES string of the molecule is COc1c(NC(=O)Nc2ccc(-c3ccc(CN4CCOCC4)nc3)c3ccccc23)cc(C(C)(C)C)cc1NC(=O)OCCN(C)C. The summed E-state index contributed by atoms with van der Waals surface area (Å²) in [6.07, 6.45) is 1.31. The van der Waals surface area contributed by atoms with Crippen molar-refractivity contribution in [1.29, 1.82) is 0 Å². The van der Waals surface area contributed by atoms with E-state index in [9.17, 15) is 9.59 Å². The summed E-state index contributed by atoms with van der Waals surface area (Å²) in [5.41, 5.74) is 5.10. The molecule has 1 aliphatic heterocycles. The van der Waals surface area contributed by atoms with E-state index >= 15 is 0 Å². The van der Waals surface area contributed by atoms with Crippen molar-refractivity contribution in [3.63, 3.8) is 0 Å². The highest BCUT2D eigenvalue weighted by atomic mass is 16.5. The van der Waals surface area contributed by atoms with Gasteiger partial charge in [-0.05, 0) is 60.3 Å². The molecule has 11 nitrogen and oxygen atoms in total. The van der Waals surface area contributed by atoms with Crippen LogP contribution >= 0.6 is 0 Å². The van der Waals surface area contributed by atoms with Gasteiger partial charge in [0.1, 0.15) is 6.61 Å². The van der Waals surface area contributed by atoms with Crippen molar-refractivity contribution in [3.8, 4) is 16.9 Å². The largest absolute Gasteiger partial charge is 0.492 e. The molecule has 5 rings (SSSR count). The number of anilines is 3. The van der Waals surface area contributed by atoms with Crippen LogP contribution < -0.4 is 20.7 Å². The lowest BCUT2D eigenvalue weighted by Gasteiger charge is -2.26. The zero-order chi connectivity index (χ0) is 34.3. The van der Waals surface area contributed by atoms with Gasteiger partial charge in [0.25, 0.3) is 0 Å². The van der Waals surface area contributed by atoms with Crippen LogP contribution in [0, 0.1) is 0 Å². The summed E-state index contributed by atoms with van der Waals surface area (Å²) in [7, 11) is 5.30. The maximum atomic E-state index is 13.5. The number of pyridine rings is 1. The van der Waals surface area contributed by atoms with Gasteiger partial charge in [0.05, 0.1) is 43.1 Å². The number of urea groups is 1. The second-order valence-corrected chi connectivity index (χ2v) is 13.1. The quantitative estimate of drug-likeness (QED) is 0.171. The Labute approximate surface area is 282 Å². The number of benzene rings is 3. The molecule has 3 amide bonds. The molecule has 1 saturated heterocycles. The molecule has 11 heteroatoms. The fourth-order valence-corrected chi connectivity index (χ4v) is 5.54. The standard InChI is InChI=1S/C37H46N6O5/c1-37(2,3)26-21-32(34(46-6)33(22-26)41-36(45)48-20-15-42(4)5)40-35(44)39-31-14-13-28(29-9-7-8-10-30(29)31)25-11-12-27(38-23-25)24-43-16-18-47-19-17-43/h7-14,21-23H,15-20,24H2,1-6H3,(H,41,45)(H2,39,40,44). The summed E-state index contributed by atoms with van der Waals surface area (Å²) < 4.78 is 16.5. The summed E-state index contributed by atoms with van der Waals surface area (Å²) in [4.78, 5) is 35.2. The number of ether oxygens (including phenoxy) is 3. The number of aromatic nitrogens is 1. The molecule has 1 aromatic heterocycles. The Morgan fingerprint density at radius 1 is 0.917 bits per heavy atom. The first-order valence-electron chi connectivity index (χ1n) is 16.2. The summed E-state index contributed by atoms with van der Waals surface area (Å²) in [6.45, 7) is 11.1. The molecule has 3 aromatic carbocycles. The molecule has 4 aromatic rings. The molecular weight excluding hydrogens is 608 g/mol. The fourth-order valence-electron chi connectivity index (χ4n) is 5.54. The van der Waals surface area contributed by atoms with E-state index in [1.165, 1.54) is 7.11 Å². The van der Waals surface area contributed by atoms with Crippen molar-refractivity contribution < 1.29 is 23.8 Å². The van der Waals surface area contributed by atoms with Gasteiger partial charge in [-0.1, -0.05) is 57.2 Å². The number of likely N-dealkylation sites (N-methyl/N-ethyl adjacent to an activating group) is 1. The van der Waals surface area contributed by atoms with E-state index < -0.39 is 12.1 Å². The molecule has 1 aliphatic rings. The molecule has 0 saturated carbocycles. The number of fused-ring (bicyclic) bond motifs is 1. The minimum atomic E-state index is -0.606. The third-order valence-corrected chi connectivity index (χ3v) is 8.21. The predicted molar refractivity (Wildman–Crippen MR) is 191 cm³/mol. The van der Waals surface area contributed by atoms with Gasteiger partial charge in [0.2, 0.25) is 0 Å². The fraction of sp³-hybridized carbons (Fsp3) is 0.378. The van der Waals surface area contributed by atoms with E-state index in [2.05, 4.69) is 53.8 Å². The Morgan fingerprint density at radius 2 is 1.60 bits per heavy atom. The molecule has 0 aliphatic carbocycles. The van der Waals surface area contributed by atoms with Gasteiger partial charge in [-0.15, -0.1) is 0 Å². The minimum absolute atomic E-state index is 0.233. The van der Waals surface area contributed by atoms with Gasteiger partial charge < -0.3 is 29.7 Å². The second-order valence-electron chi connectivity index (χ2n) is 13.1. The lowest BCUT2D eigenvalue weighted by atomic mass is 9.86. The number of methoxy groups -OCH3 is 1. The summed E-state index contributed by atoms with van der Waals surface area (Å²) in [5.74, 6) is 0.312. The lowest BCUT2D eigenvalue weighted by Crippen LogP contribution is -2.35. The lowest BCUT2D eigenvalue weighted by molar-refractivity contribution is 0.0336. The molecule has 0 bridgehead atoms. The number of nitrogens with zero attached hydrogens (tertiary/aromatic N) is 3. The van der Waals surface area contributed by atoms with Gasteiger partial charge in [-0.2, -0.15) is 0 Å². The van der Waals surface area contributed by atoms with Crippen LogP contribution in [0.25, 0.3) is 21.9 Å². The van der Waals surface area contributed by atoms with Crippen LogP contribution in [0.5, 0.6) is 5.75 Å². The first-order valence-corrected chi connectivity index (χ1v) is 16.2. The van der Waals surface area contributed by atoms with Gasteiger partial charge in [-0.25, -0.2) is 9.59 Å². The molecule has 2 heterocycles. The van der Waals surface area contributed by atoms with Crippen LogP contribution in [0.1, 0.15) is 32.0 Å². The van der Waals surface area contributed by atoms with Gasteiger partial charge in [-0.3, -0.25) is 15.2 Å². The normalized spacial score (nSPS) is 13.7. The van der Waals surface area contributed by atoms with Crippen LogP contribution in [-0.4, -0.2) is 87.6 Å². The maximum Gasteiger partial charge on any atom is 0.411 e. The first kappa shape index (κ1) is 34.6. The van der Waals surface area contributed by atoms with Gasteiger partial charge >= 0.3 is 12.1 Å². The van der Waals surface area contributed by atoms with Crippen LogP contribution in [0.15, 0.2) is 66.9 Å². The average molecular weight is 655 g/mol. The van der Waals surface area contributed by atoms with Crippen LogP contribution in [0.2, 0.25) is 0 Å². The molecule has 0 unspecified atom stereocenters. The number of rotatable bonds is 10. The van der Waals surface area contributed by atoms with Gasteiger partial charge in [0, 0.05) is 43.3 Å². The van der Waals surface area contributed by atoms with Crippen molar-refractivity contribution in [1.82, 2.24) is 14.8 Å². The van der Waals surface area contributed by atoms with Crippen molar-refractivity contribution in [2.45, 2.75) is 32.7 Å². The number of hydrogen-bond donors (Lipinski definition) is 3.